The topological polar surface area (TPSA) is 65.1 Å². The lowest BCUT2D eigenvalue weighted by atomic mass is 10.1. The summed E-state index contributed by atoms with van der Waals surface area (Å²) in [6, 6.07) is 18.2. The number of amides is 2. The Hall–Kier alpha value is -3.49. The molecule has 2 amide bonds. The van der Waals surface area contributed by atoms with E-state index in [1.165, 1.54) is 19.2 Å². The van der Waals surface area contributed by atoms with E-state index < -0.39 is 5.91 Å². The number of hydrogen-bond acceptors (Lipinski definition) is 6. The summed E-state index contributed by atoms with van der Waals surface area (Å²) in [5.41, 5.74) is 1.46. The van der Waals surface area contributed by atoms with E-state index in [4.69, 9.17) is 25.8 Å². The van der Waals surface area contributed by atoms with Crippen LogP contribution in [0.5, 0.6) is 17.2 Å². The average molecular weight is 514 g/mol. The van der Waals surface area contributed by atoms with Crippen molar-refractivity contribution in [3.05, 3.63) is 93.6 Å². The van der Waals surface area contributed by atoms with Crippen LogP contribution in [0.25, 0.3) is 6.08 Å². The normalized spacial score (nSPS) is 14.5. The molecule has 1 aliphatic rings. The van der Waals surface area contributed by atoms with E-state index in [1.54, 1.807) is 60.7 Å². The Morgan fingerprint density at radius 2 is 1.74 bits per heavy atom. The van der Waals surface area contributed by atoms with Crippen LogP contribution in [0, 0.1) is 5.82 Å². The smallest absolute Gasteiger partial charge is 0.293 e. The van der Waals surface area contributed by atoms with Crippen molar-refractivity contribution >= 4 is 40.6 Å². The quantitative estimate of drug-likeness (QED) is 0.318. The number of imide groups is 1. The molecule has 1 heterocycles. The Balaban J connectivity index is 1.43. The number of para-hydroxylation sites is 1. The molecule has 0 unspecified atom stereocenters. The molecule has 3 aromatic rings. The van der Waals surface area contributed by atoms with E-state index in [0.717, 1.165) is 22.2 Å². The van der Waals surface area contributed by atoms with Crippen LogP contribution in [0.4, 0.5) is 9.18 Å². The number of carbonyl (C=O) groups is 2. The second kappa shape index (κ2) is 11.3. The van der Waals surface area contributed by atoms with Crippen LogP contribution < -0.4 is 14.2 Å². The van der Waals surface area contributed by atoms with Crippen LogP contribution >= 0.6 is 23.4 Å². The summed E-state index contributed by atoms with van der Waals surface area (Å²) in [5, 5.41) is 0.0868. The molecule has 4 rings (SSSR count). The van der Waals surface area contributed by atoms with Crippen LogP contribution in [0.3, 0.4) is 0 Å². The van der Waals surface area contributed by atoms with Crippen LogP contribution in [0.15, 0.2) is 71.6 Å². The van der Waals surface area contributed by atoms with Gasteiger partial charge in [-0.15, -0.1) is 0 Å². The largest absolute Gasteiger partial charge is 0.493 e. The van der Waals surface area contributed by atoms with E-state index in [2.05, 4.69) is 0 Å². The van der Waals surface area contributed by atoms with Gasteiger partial charge in [-0.05, 0) is 65.4 Å². The van der Waals surface area contributed by atoms with Crippen molar-refractivity contribution in [1.29, 1.82) is 0 Å². The molecule has 6 nitrogen and oxygen atoms in total. The third-order valence-corrected chi connectivity index (χ3v) is 6.30. The summed E-state index contributed by atoms with van der Waals surface area (Å²) in [7, 11) is 1.52. The molecule has 1 fully saturated rings. The maximum Gasteiger partial charge on any atom is 0.293 e. The van der Waals surface area contributed by atoms with Crippen molar-refractivity contribution in [3.63, 3.8) is 0 Å². The zero-order valence-electron chi connectivity index (χ0n) is 18.7. The van der Waals surface area contributed by atoms with E-state index >= 15 is 0 Å². The molecule has 0 saturated carbocycles. The Labute approximate surface area is 211 Å². The van der Waals surface area contributed by atoms with Gasteiger partial charge in [0.05, 0.1) is 23.6 Å². The molecular formula is C26H21ClFNO5S. The highest BCUT2D eigenvalue weighted by atomic mass is 35.5. The minimum absolute atomic E-state index is 0.0991. The Bertz CT molecular complexity index is 1260. The van der Waals surface area contributed by atoms with Crippen LogP contribution in [-0.2, 0) is 11.4 Å². The lowest BCUT2D eigenvalue weighted by Crippen LogP contribution is -2.32. The molecule has 0 spiro atoms. The van der Waals surface area contributed by atoms with Crippen LogP contribution in [0.2, 0.25) is 5.02 Å². The van der Waals surface area contributed by atoms with Crippen molar-refractivity contribution < 1.29 is 28.2 Å². The highest BCUT2D eigenvalue weighted by Crippen LogP contribution is 2.35. The molecule has 0 aliphatic carbocycles. The first-order chi connectivity index (χ1) is 16.9. The summed E-state index contributed by atoms with van der Waals surface area (Å²) in [4.78, 5) is 26.7. The molecule has 0 aromatic heterocycles. The number of methoxy groups -OCH3 is 1. The first kappa shape index (κ1) is 24.6. The van der Waals surface area contributed by atoms with Gasteiger partial charge < -0.3 is 14.2 Å². The molecule has 35 heavy (non-hydrogen) atoms. The number of carbonyl (C=O) groups excluding carboxylic acids is 2. The van der Waals surface area contributed by atoms with E-state index in [0.29, 0.717) is 32.7 Å². The number of hydrogen-bond donors (Lipinski definition) is 0. The van der Waals surface area contributed by atoms with Crippen molar-refractivity contribution in [1.82, 2.24) is 4.90 Å². The maximum atomic E-state index is 13.1. The van der Waals surface area contributed by atoms with Crippen molar-refractivity contribution in [2.75, 3.05) is 20.3 Å². The second-order valence-electron chi connectivity index (χ2n) is 7.44. The van der Waals surface area contributed by atoms with E-state index in [1.807, 2.05) is 0 Å². The highest BCUT2D eigenvalue weighted by molar-refractivity contribution is 8.18. The Morgan fingerprint density at radius 3 is 2.49 bits per heavy atom. The van der Waals surface area contributed by atoms with Gasteiger partial charge in [0.2, 0.25) is 0 Å². The van der Waals surface area contributed by atoms with Crippen LogP contribution in [0.1, 0.15) is 11.1 Å². The van der Waals surface area contributed by atoms with Gasteiger partial charge in [0.25, 0.3) is 11.1 Å². The second-order valence-corrected chi connectivity index (χ2v) is 8.84. The van der Waals surface area contributed by atoms with Gasteiger partial charge in [0.1, 0.15) is 24.8 Å². The average Bonchev–Trinajstić information content (AvgIpc) is 3.12. The fourth-order valence-corrected chi connectivity index (χ4v) is 4.35. The summed E-state index contributed by atoms with van der Waals surface area (Å²) < 4.78 is 29.9. The Kier molecular flexibility index (Phi) is 7.94. The first-order valence-corrected chi connectivity index (χ1v) is 11.8. The van der Waals surface area contributed by atoms with Gasteiger partial charge in [0, 0.05) is 0 Å². The maximum absolute atomic E-state index is 13.1. The number of halogens is 2. The monoisotopic (exact) mass is 513 g/mol. The van der Waals surface area contributed by atoms with Crippen molar-refractivity contribution in [2.45, 2.75) is 6.61 Å². The molecule has 1 aliphatic heterocycles. The third kappa shape index (κ3) is 6.15. The van der Waals surface area contributed by atoms with Gasteiger partial charge in [0.15, 0.2) is 11.5 Å². The van der Waals surface area contributed by atoms with E-state index in [9.17, 15) is 14.0 Å². The summed E-state index contributed by atoms with van der Waals surface area (Å²) in [6.07, 6.45) is 1.63. The predicted octanol–water partition coefficient (Wildman–Crippen LogP) is 6.18. The minimum atomic E-state index is -0.396. The van der Waals surface area contributed by atoms with Gasteiger partial charge in [-0.25, -0.2) is 4.39 Å². The van der Waals surface area contributed by atoms with Crippen molar-refractivity contribution in [2.24, 2.45) is 0 Å². The summed E-state index contributed by atoms with van der Waals surface area (Å²) in [5.74, 6) is 0.736. The molecule has 0 bridgehead atoms. The summed E-state index contributed by atoms with van der Waals surface area (Å²) in [6.45, 7) is 0.433. The molecule has 9 heteroatoms. The zero-order valence-corrected chi connectivity index (χ0v) is 20.3. The molecule has 0 N–H and O–H groups in total. The number of ether oxygens (including phenoxy) is 3. The molecule has 1 saturated heterocycles. The lowest BCUT2D eigenvalue weighted by molar-refractivity contribution is -0.123. The first-order valence-electron chi connectivity index (χ1n) is 10.6. The van der Waals surface area contributed by atoms with E-state index in [-0.39, 0.29) is 30.8 Å². The SMILES string of the molecule is COc1ccc(/C=C2\SC(=O)N(CCOc3ccccc3Cl)C2=O)cc1OCc1ccc(F)cc1. The van der Waals surface area contributed by atoms with Crippen LogP contribution in [-0.4, -0.2) is 36.3 Å². The summed E-state index contributed by atoms with van der Waals surface area (Å²) >= 11 is 6.93. The molecule has 0 radical (unpaired) electrons. The number of benzene rings is 3. The van der Waals surface area contributed by atoms with Gasteiger partial charge in [-0.1, -0.05) is 41.9 Å². The van der Waals surface area contributed by atoms with Gasteiger partial charge in [-0.3, -0.25) is 14.5 Å². The molecular weight excluding hydrogens is 493 g/mol. The van der Waals surface area contributed by atoms with Crippen molar-refractivity contribution in [3.8, 4) is 17.2 Å². The lowest BCUT2D eigenvalue weighted by Gasteiger charge is -2.14. The Morgan fingerprint density at radius 1 is 0.971 bits per heavy atom. The molecule has 0 atom stereocenters. The zero-order chi connectivity index (χ0) is 24.8. The number of thioether (sulfide) groups is 1. The predicted molar refractivity (Wildman–Crippen MR) is 133 cm³/mol. The third-order valence-electron chi connectivity index (χ3n) is 5.08. The molecule has 3 aromatic carbocycles. The standard InChI is InChI=1S/C26H21ClFNO5S/c1-32-22-11-8-18(14-23(22)34-16-17-6-9-19(28)10-7-17)15-24-25(30)29(26(31)35-24)12-13-33-21-5-3-2-4-20(21)27/h2-11,14-15H,12-13,16H2,1H3/b24-15-. The highest BCUT2D eigenvalue weighted by Gasteiger charge is 2.34. The van der Waals surface area contributed by atoms with Gasteiger partial charge in [-0.2, -0.15) is 0 Å². The fraction of sp³-hybridized carbons (Fsp3) is 0.154. The number of nitrogens with zero attached hydrogens (tertiary/aromatic N) is 1. The number of rotatable bonds is 9. The minimum Gasteiger partial charge on any atom is -0.493 e. The van der Waals surface area contributed by atoms with Gasteiger partial charge >= 0.3 is 0 Å². The molecule has 180 valence electrons. The fourth-order valence-electron chi connectivity index (χ4n) is 3.29.